The van der Waals surface area contributed by atoms with E-state index in [1.54, 1.807) is 15.9 Å². The summed E-state index contributed by atoms with van der Waals surface area (Å²) in [6, 6.07) is 17.9. The van der Waals surface area contributed by atoms with Gasteiger partial charge in [-0.1, -0.05) is 35.5 Å². The first-order chi connectivity index (χ1) is 24.3. The van der Waals surface area contributed by atoms with Crippen molar-refractivity contribution in [2.45, 2.75) is 26.7 Å². The summed E-state index contributed by atoms with van der Waals surface area (Å²) in [6.07, 6.45) is 5.34. The molecular formula is C37H38N10O3. The number of aromatic nitrogens is 7. The van der Waals surface area contributed by atoms with Crippen molar-refractivity contribution in [1.29, 1.82) is 0 Å². The molecule has 0 saturated carbocycles. The monoisotopic (exact) mass is 670 g/mol. The molecule has 2 aliphatic rings. The number of benzene rings is 2. The molecule has 50 heavy (non-hydrogen) atoms. The smallest absolute Gasteiger partial charge is 0.237 e. The van der Waals surface area contributed by atoms with Gasteiger partial charge in [0.25, 0.3) is 0 Å². The number of hydrogen-bond acceptors (Lipinski definition) is 9. The van der Waals surface area contributed by atoms with Crippen molar-refractivity contribution in [2.24, 2.45) is 13.0 Å². The van der Waals surface area contributed by atoms with Crippen molar-refractivity contribution in [2.75, 3.05) is 44.2 Å². The van der Waals surface area contributed by atoms with Gasteiger partial charge >= 0.3 is 0 Å². The lowest BCUT2D eigenvalue weighted by atomic mass is 9.98. The van der Waals surface area contributed by atoms with Crippen LogP contribution in [-0.2, 0) is 16.6 Å². The second kappa shape index (κ2) is 13.0. The van der Waals surface area contributed by atoms with E-state index in [4.69, 9.17) is 9.51 Å². The van der Waals surface area contributed by atoms with Crippen molar-refractivity contribution >= 4 is 45.2 Å². The predicted octanol–water partition coefficient (Wildman–Crippen LogP) is 4.86. The Hall–Kier alpha value is -5.69. The van der Waals surface area contributed by atoms with Crippen LogP contribution in [0.25, 0.3) is 50.2 Å². The Morgan fingerprint density at radius 1 is 1.04 bits per heavy atom. The molecule has 1 saturated heterocycles. The standard InChI is InChI=1S/C37H38N10O3/c1-4-47(32-12-10-30-35(39-32)34(41-40-30)27-9-11-31-29(19-27)23(2)43-50-31)37(49)28-13-16-45(20-28)21-33(48)46-17-14-25(15-18-46)24-5-7-26(8-6-24)36-38-22-44(3)42-36/h5-12,14,19,22,28H,4,13,15-18,20-21H2,1-3H3,(H,40,41)/t28-/m1/s1. The van der Waals surface area contributed by atoms with Crippen LogP contribution in [0.1, 0.15) is 31.0 Å². The first-order valence-corrected chi connectivity index (χ1v) is 17.0. The summed E-state index contributed by atoms with van der Waals surface area (Å²) in [5.74, 6) is 1.20. The average Bonchev–Trinajstić information content (AvgIpc) is 3.96. The maximum Gasteiger partial charge on any atom is 0.237 e. The van der Waals surface area contributed by atoms with Crippen molar-refractivity contribution in [3.8, 4) is 22.6 Å². The maximum absolute atomic E-state index is 13.9. The molecule has 1 N–H and O–H groups in total. The minimum absolute atomic E-state index is 0.0243. The number of carbonyl (C=O) groups excluding carboxylic acids is 2. The largest absolute Gasteiger partial charge is 0.356 e. The van der Waals surface area contributed by atoms with Gasteiger partial charge in [-0.15, -0.1) is 0 Å². The Kier molecular flexibility index (Phi) is 8.19. The van der Waals surface area contributed by atoms with E-state index in [0.717, 1.165) is 39.7 Å². The molecule has 6 heterocycles. The number of rotatable bonds is 8. The Balaban J connectivity index is 0.894. The van der Waals surface area contributed by atoms with E-state index >= 15 is 0 Å². The SMILES string of the molecule is CCN(C(=O)[C@@H]1CCN(CC(=O)N2CC=C(c3ccc(-c4ncn(C)n4)cc3)CC2)C1)c1ccc2[nH]nc(-c3ccc4onc(C)c4c3)c2n1. The first-order valence-electron chi connectivity index (χ1n) is 17.0. The molecule has 0 unspecified atom stereocenters. The summed E-state index contributed by atoms with van der Waals surface area (Å²) in [6.45, 7) is 7.16. The molecule has 1 atom stereocenters. The van der Waals surface area contributed by atoms with E-state index in [1.165, 1.54) is 5.57 Å². The number of likely N-dealkylation sites (tertiary alicyclic amines) is 1. The second-order valence-corrected chi connectivity index (χ2v) is 13.1. The fraction of sp³-hybridized carbons (Fsp3) is 0.324. The molecule has 13 heteroatoms. The normalized spacial score (nSPS) is 16.7. The Morgan fingerprint density at radius 2 is 1.86 bits per heavy atom. The van der Waals surface area contributed by atoms with Crippen LogP contribution >= 0.6 is 0 Å². The Labute approximate surface area is 288 Å². The lowest BCUT2D eigenvalue weighted by Crippen LogP contribution is -2.42. The van der Waals surface area contributed by atoms with Crippen molar-refractivity contribution < 1.29 is 14.1 Å². The number of aromatic amines is 1. The molecule has 1 fully saturated rings. The number of carbonyl (C=O) groups is 2. The van der Waals surface area contributed by atoms with Crippen LogP contribution in [0.4, 0.5) is 5.82 Å². The highest BCUT2D eigenvalue weighted by atomic mass is 16.5. The zero-order chi connectivity index (χ0) is 34.4. The number of pyridine rings is 1. The summed E-state index contributed by atoms with van der Waals surface area (Å²) in [4.78, 5) is 42.2. The fourth-order valence-electron chi connectivity index (χ4n) is 7.03. The molecule has 2 aromatic carbocycles. The van der Waals surface area contributed by atoms with E-state index in [1.807, 2.05) is 68.3 Å². The highest BCUT2D eigenvalue weighted by Crippen LogP contribution is 2.31. The first kappa shape index (κ1) is 31.6. The zero-order valence-corrected chi connectivity index (χ0v) is 28.3. The van der Waals surface area contributed by atoms with Crippen molar-refractivity contribution in [1.82, 2.24) is 44.9 Å². The molecule has 8 rings (SSSR count). The minimum Gasteiger partial charge on any atom is -0.356 e. The van der Waals surface area contributed by atoms with Gasteiger partial charge in [0.05, 0.1) is 23.7 Å². The van der Waals surface area contributed by atoms with Crippen LogP contribution in [0.5, 0.6) is 0 Å². The number of hydrogen-bond donors (Lipinski definition) is 1. The lowest BCUT2D eigenvalue weighted by Gasteiger charge is -2.29. The van der Waals surface area contributed by atoms with Crippen molar-refractivity contribution in [3.63, 3.8) is 0 Å². The van der Waals surface area contributed by atoms with Gasteiger partial charge in [0, 0.05) is 49.7 Å². The summed E-state index contributed by atoms with van der Waals surface area (Å²) >= 11 is 0. The molecule has 6 aromatic rings. The van der Waals surface area contributed by atoms with Gasteiger partial charge in [0.1, 0.15) is 23.4 Å². The number of fused-ring (bicyclic) bond motifs is 2. The molecule has 0 aliphatic carbocycles. The number of amides is 2. The number of nitrogens with one attached hydrogen (secondary N) is 1. The molecule has 13 nitrogen and oxygen atoms in total. The Morgan fingerprint density at radius 3 is 2.62 bits per heavy atom. The highest BCUT2D eigenvalue weighted by molar-refractivity contribution is 5.98. The van der Waals surface area contributed by atoms with Crippen molar-refractivity contribution in [3.05, 3.63) is 78.3 Å². The summed E-state index contributed by atoms with van der Waals surface area (Å²) in [5, 5.41) is 17.0. The van der Waals surface area contributed by atoms with E-state index in [0.29, 0.717) is 74.1 Å². The van der Waals surface area contributed by atoms with E-state index in [9.17, 15) is 9.59 Å². The number of aryl methyl sites for hydroxylation is 2. The van der Waals surface area contributed by atoms with Crippen LogP contribution in [0.15, 0.2) is 71.5 Å². The van der Waals surface area contributed by atoms with Crippen LogP contribution in [0.3, 0.4) is 0 Å². The van der Waals surface area contributed by atoms with Gasteiger partial charge < -0.3 is 9.42 Å². The molecule has 0 spiro atoms. The Bertz CT molecular complexity index is 2250. The fourth-order valence-corrected chi connectivity index (χ4v) is 7.03. The molecule has 4 aromatic heterocycles. The third-order valence-corrected chi connectivity index (χ3v) is 9.83. The summed E-state index contributed by atoms with van der Waals surface area (Å²) in [7, 11) is 1.86. The molecule has 0 bridgehead atoms. The molecule has 2 amide bonds. The van der Waals surface area contributed by atoms with Gasteiger partial charge in [-0.25, -0.2) is 9.97 Å². The van der Waals surface area contributed by atoms with Gasteiger partial charge in [-0.2, -0.15) is 10.2 Å². The lowest BCUT2D eigenvalue weighted by molar-refractivity contribution is -0.132. The second-order valence-electron chi connectivity index (χ2n) is 13.1. The van der Waals surface area contributed by atoms with Crippen LogP contribution < -0.4 is 4.90 Å². The van der Waals surface area contributed by atoms with E-state index < -0.39 is 0 Å². The predicted molar refractivity (Wildman–Crippen MR) is 190 cm³/mol. The van der Waals surface area contributed by atoms with Gasteiger partial charge in [0.15, 0.2) is 11.4 Å². The van der Waals surface area contributed by atoms with Crippen LogP contribution in [-0.4, -0.2) is 96.0 Å². The minimum atomic E-state index is -0.208. The number of H-pyrrole nitrogens is 1. The zero-order valence-electron chi connectivity index (χ0n) is 28.3. The van der Waals surface area contributed by atoms with Gasteiger partial charge in [0.2, 0.25) is 11.8 Å². The summed E-state index contributed by atoms with van der Waals surface area (Å²) in [5.41, 5.74) is 7.96. The van der Waals surface area contributed by atoms with Crippen LogP contribution in [0, 0.1) is 12.8 Å². The maximum atomic E-state index is 13.9. The van der Waals surface area contributed by atoms with Gasteiger partial charge in [-0.05, 0) is 74.7 Å². The van der Waals surface area contributed by atoms with E-state index in [-0.39, 0.29) is 17.7 Å². The molecular weight excluding hydrogens is 632 g/mol. The van der Waals surface area contributed by atoms with Crippen LogP contribution in [0.2, 0.25) is 0 Å². The third kappa shape index (κ3) is 5.93. The molecule has 254 valence electrons. The molecule has 0 radical (unpaired) electrons. The third-order valence-electron chi connectivity index (χ3n) is 9.83. The summed E-state index contributed by atoms with van der Waals surface area (Å²) < 4.78 is 7.07. The topological polar surface area (TPSA) is 142 Å². The quantitative estimate of drug-likeness (QED) is 0.240. The van der Waals surface area contributed by atoms with E-state index in [2.05, 4.69) is 48.5 Å². The van der Waals surface area contributed by atoms with Gasteiger partial charge in [-0.3, -0.25) is 29.2 Å². The molecule has 2 aliphatic heterocycles. The highest BCUT2D eigenvalue weighted by Gasteiger charge is 2.34. The average molecular weight is 671 g/mol. The number of nitrogens with zero attached hydrogens (tertiary/aromatic N) is 9. The number of anilines is 1.